The lowest BCUT2D eigenvalue weighted by atomic mass is 10.1. The van der Waals surface area contributed by atoms with Gasteiger partial charge in [-0.05, 0) is 31.5 Å². The lowest BCUT2D eigenvalue weighted by Gasteiger charge is -2.17. The molecule has 1 unspecified atom stereocenters. The minimum Gasteiger partial charge on any atom is -0.352 e. The van der Waals surface area contributed by atoms with E-state index in [4.69, 9.17) is 4.98 Å². The standard InChI is InChI=1S/C29H27N3O2S/c1-19-3-9-22(10-4-19)26-18-35-29(31-26)23-11-7-21(8-12-23)16-30-28(34)24-15-27(33)32(17-24)25-13-5-20(2)6-14-25/h3-14,18,24H,15-17H2,1-2H3,(H,30,34). The van der Waals surface area contributed by atoms with E-state index in [2.05, 4.69) is 41.9 Å². The molecule has 1 fully saturated rings. The summed E-state index contributed by atoms with van der Waals surface area (Å²) in [6.45, 7) is 4.94. The smallest absolute Gasteiger partial charge is 0.227 e. The van der Waals surface area contributed by atoms with Gasteiger partial charge in [-0.15, -0.1) is 11.3 Å². The molecule has 6 heteroatoms. The number of nitrogens with one attached hydrogen (secondary N) is 1. The first-order chi connectivity index (χ1) is 17.0. The molecule has 2 amide bonds. The molecular weight excluding hydrogens is 454 g/mol. The van der Waals surface area contributed by atoms with Gasteiger partial charge in [0.25, 0.3) is 0 Å². The van der Waals surface area contributed by atoms with Crippen molar-refractivity contribution >= 4 is 28.8 Å². The van der Waals surface area contributed by atoms with E-state index in [9.17, 15) is 9.59 Å². The molecule has 0 radical (unpaired) electrons. The predicted molar refractivity (Wildman–Crippen MR) is 141 cm³/mol. The highest BCUT2D eigenvalue weighted by Crippen LogP contribution is 2.29. The second-order valence-electron chi connectivity index (χ2n) is 9.06. The average Bonchev–Trinajstić information content (AvgIpc) is 3.51. The van der Waals surface area contributed by atoms with E-state index >= 15 is 0 Å². The topological polar surface area (TPSA) is 62.3 Å². The first-order valence-corrected chi connectivity index (χ1v) is 12.6. The van der Waals surface area contributed by atoms with Gasteiger partial charge in [0, 0.05) is 41.7 Å². The molecule has 4 aromatic rings. The lowest BCUT2D eigenvalue weighted by Crippen LogP contribution is -2.32. The number of carbonyl (C=O) groups excluding carboxylic acids is 2. The van der Waals surface area contributed by atoms with Crippen LogP contribution in [0.15, 0.2) is 78.2 Å². The number of aromatic nitrogens is 1. The summed E-state index contributed by atoms with van der Waals surface area (Å²) in [6.07, 6.45) is 0.242. The Morgan fingerprint density at radius 2 is 1.57 bits per heavy atom. The van der Waals surface area contributed by atoms with E-state index in [1.165, 1.54) is 5.56 Å². The van der Waals surface area contributed by atoms with E-state index in [-0.39, 0.29) is 24.2 Å². The van der Waals surface area contributed by atoms with Gasteiger partial charge in [0.05, 0.1) is 11.6 Å². The van der Waals surface area contributed by atoms with Gasteiger partial charge in [-0.2, -0.15) is 0 Å². The van der Waals surface area contributed by atoms with E-state index in [1.54, 1.807) is 16.2 Å². The van der Waals surface area contributed by atoms with Crippen molar-refractivity contribution in [2.24, 2.45) is 5.92 Å². The van der Waals surface area contributed by atoms with Crippen LogP contribution in [0.1, 0.15) is 23.1 Å². The highest BCUT2D eigenvalue weighted by molar-refractivity contribution is 7.13. The molecule has 1 saturated heterocycles. The number of thiazole rings is 1. The van der Waals surface area contributed by atoms with Crippen LogP contribution in [0.4, 0.5) is 5.69 Å². The third-order valence-corrected chi connectivity index (χ3v) is 7.25. The molecule has 176 valence electrons. The number of rotatable bonds is 6. The number of hydrogen-bond donors (Lipinski definition) is 1. The van der Waals surface area contributed by atoms with Crippen molar-refractivity contribution in [3.63, 3.8) is 0 Å². The van der Waals surface area contributed by atoms with E-state index in [0.29, 0.717) is 13.1 Å². The maximum Gasteiger partial charge on any atom is 0.227 e. The Labute approximate surface area is 209 Å². The summed E-state index contributed by atoms with van der Waals surface area (Å²) in [5, 5.41) is 6.05. The predicted octanol–water partition coefficient (Wildman–Crippen LogP) is 5.76. The van der Waals surface area contributed by atoms with Crippen LogP contribution in [-0.2, 0) is 16.1 Å². The third-order valence-electron chi connectivity index (χ3n) is 6.36. The van der Waals surface area contributed by atoms with Gasteiger partial charge >= 0.3 is 0 Å². The molecule has 1 aliphatic rings. The molecule has 1 aliphatic heterocycles. The van der Waals surface area contributed by atoms with Crippen LogP contribution in [0.2, 0.25) is 0 Å². The molecule has 3 aromatic carbocycles. The molecule has 0 bridgehead atoms. The van der Waals surface area contributed by atoms with E-state index < -0.39 is 0 Å². The molecule has 5 nitrogen and oxygen atoms in total. The second-order valence-corrected chi connectivity index (χ2v) is 9.92. The maximum atomic E-state index is 12.7. The van der Waals surface area contributed by atoms with Gasteiger partial charge < -0.3 is 10.2 Å². The highest BCUT2D eigenvalue weighted by Gasteiger charge is 2.34. The second kappa shape index (κ2) is 9.84. The van der Waals surface area contributed by atoms with Crippen LogP contribution in [0.5, 0.6) is 0 Å². The van der Waals surface area contributed by atoms with Crippen LogP contribution >= 0.6 is 11.3 Å². The van der Waals surface area contributed by atoms with E-state index in [1.807, 2.05) is 55.5 Å². The summed E-state index contributed by atoms with van der Waals surface area (Å²) < 4.78 is 0. The Bertz CT molecular complexity index is 1340. The van der Waals surface area contributed by atoms with Crippen LogP contribution in [0, 0.1) is 19.8 Å². The number of carbonyl (C=O) groups is 2. The summed E-state index contributed by atoms with van der Waals surface area (Å²) in [7, 11) is 0. The molecular formula is C29H27N3O2S. The SMILES string of the molecule is Cc1ccc(-c2csc(-c3ccc(CNC(=O)C4CC(=O)N(c5ccc(C)cc5)C4)cc3)n2)cc1. The van der Waals surface area contributed by atoms with Crippen LogP contribution in [0.3, 0.4) is 0 Å². The molecule has 0 saturated carbocycles. The lowest BCUT2D eigenvalue weighted by molar-refractivity contribution is -0.126. The van der Waals surface area contributed by atoms with Gasteiger partial charge in [0.1, 0.15) is 5.01 Å². The molecule has 1 aromatic heterocycles. The number of hydrogen-bond acceptors (Lipinski definition) is 4. The Kier molecular flexibility index (Phi) is 6.47. The number of benzene rings is 3. The summed E-state index contributed by atoms with van der Waals surface area (Å²) in [5.41, 5.74) is 7.38. The summed E-state index contributed by atoms with van der Waals surface area (Å²) in [5.74, 6) is -0.426. The zero-order valence-electron chi connectivity index (χ0n) is 19.8. The van der Waals surface area contributed by atoms with Gasteiger partial charge in [0.15, 0.2) is 0 Å². The molecule has 1 atom stereocenters. The number of amides is 2. The molecule has 5 rings (SSSR count). The summed E-state index contributed by atoms with van der Waals surface area (Å²) in [4.78, 5) is 31.7. The summed E-state index contributed by atoms with van der Waals surface area (Å²) in [6, 6.07) is 24.3. The van der Waals surface area contributed by atoms with Crippen molar-refractivity contribution in [1.29, 1.82) is 0 Å². The fourth-order valence-corrected chi connectivity index (χ4v) is 5.05. The average molecular weight is 482 g/mol. The first-order valence-electron chi connectivity index (χ1n) is 11.7. The van der Waals surface area contributed by atoms with Crippen molar-refractivity contribution in [1.82, 2.24) is 10.3 Å². The minimum atomic E-state index is -0.335. The Balaban J connectivity index is 1.17. The molecule has 1 N–H and O–H groups in total. The number of anilines is 1. The quantitative estimate of drug-likeness (QED) is 0.381. The van der Waals surface area contributed by atoms with Gasteiger partial charge in [0.2, 0.25) is 11.8 Å². The van der Waals surface area contributed by atoms with Crippen molar-refractivity contribution in [2.75, 3.05) is 11.4 Å². The molecule has 2 heterocycles. The summed E-state index contributed by atoms with van der Waals surface area (Å²) >= 11 is 1.62. The third kappa shape index (κ3) is 5.17. The van der Waals surface area contributed by atoms with Crippen molar-refractivity contribution in [2.45, 2.75) is 26.8 Å². The van der Waals surface area contributed by atoms with Crippen LogP contribution in [0.25, 0.3) is 21.8 Å². The maximum absolute atomic E-state index is 12.7. The van der Waals surface area contributed by atoms with E-state index in [0.717, 1.165) is 38.6 Å². The van der Waals surface area contributed by atoms with Gasteiger partial charge in [-0.25, -0.2) is 4.98 Å². The van der Waals surface area contributed by atoms with Crippen molar-refractivity contribution < 1.29 is 9.59 Å². The largest absolute Gasteiger partial charge is 0.352 e. The zero-order chi connectivity index (χ0) is 24.4. The van der Waals surface area contributed by atoms with Crippen molar-refractivity contribution in [3.8, 4) is 21.8 Å². The number of nitrogens with zero attached hydrogens (tertiary/aromatic N) is 2. The normalized spacial score (nSPS) is 15.4. The Hall–Kier alpha value is -3.77. The zero-order valence-corrected chi connectivity index (χ0v) is 20.6. The van der Waals surface area contributed by atoms with Crippen LogP contribution < -0.4 is 10.2 Å². The Morgan fingerprint density at radius 3 is 2.26 bits per heavy atom. The molecule has 35 heavy (non-hydrogen) atoms. The number of aryl methyl sites for hydroxylation is 2. The molecule has 0 aliphatic carbocycles. The fraction of sp³-hybridized carbons (Fsp3) is 0.207. The minimum absolute atomic E-state index is 0.00758. The molecule has 0 spiro atoms. The van der Waals surface area contributed by atoms with Gasteiger partial charge in [-0.1, -0.05) is 71.8 Å². The van der Waals surface area contributed by atoms with Gasteiger partial charge in [-0.3, -0.25) is 9.59 Å². The monoisotopic (exact) mass is 481 g/mol. The van der Waals surface area contributed by atoms with Crippen LogP contribution in [-0.4, -0.2) is 23.3 Å². The Morgan fingerprint density at radius 1 is 0.943 bits per heavy atom. The first kappa shape index (κ1) is 23.0. The van der Waals surface area contributed by atoms with Crippen molar-refractivity contribution in [3.05, 3.63) is 94.9 Å². The highest BCUT2D eigenvalue weighted by atomic mass is 32.1. The fourth-order valence-electron chi connectivity index (χ4n) is 4.22.